The monoisotopic (exact) mass is 272 g/mol. The molecular weight excluding hydrogens is 248 g/mol. The number of nitrogens with one attached hydrogen (secondary N) is 1. The molecule has 2 amide bonds. The first-order chi connectivity index (χ1) is 8.99. The van der Waals surface area contributed by atoms with Gasteiger partial charge in [-0.15, -0.1) is 0 Å². The number of carboxylic acids is 1. The lowest BCUT2D eigenvalue weighted by Gasteiger charge is -2.36. The van der Waals surface area contributed by atoms with Crippen molar-refractivity contribution in [2.75, 3.05) is 20.2 Å². The number of hydrogen-bond donors (Lipinski definition) is 2. The molecule has 1 saturated heterocycles. The van der Waals surface area contributed by atoms with Gasteiger partial charge in [-0.3, -0.25) is 0 Å². The van der Waals surface area contributed by atoms with Gasteiger partial charge in [0.15, 0.2) is 0 Å². The normalized spacial score (nSPS) is 24.9. The third-order valence-corrected chi connectivity index (χ3v) is 3.65. The molecule has 0 saturated carbocycles. The highest BCUT2D eigenvalue weighted by Crippen LogP contribution is 2.19. The summed E-state index contributed by atoms with van der Waals surface area (Å²) in [6, 6.07) is -1.12. The van der Waals surface area contributed by atoms with Gasteiger partial charge in [-0.05, 0) is 18.8 Å². The Balaban J connectivity index is 2.55. The Morgan fingerprint density at radius 1 is 1.53 bits per heavy atom. The molecule has 2 N–H and O–H groups in total. The van der Waals surface area contributed by atoms with Crippen molar-refractivity contribution in [3.63, 3.8) is 0 Å². The molecule has 1 aliphatic heterocycles. The number of nitrogens with zero attached hydrogens (tertiary/aromatic N) is 1. The summed E-state index contributed by atoms with van der Waals surface area (Å²) < 4.78 is 5.35. The molecule has 2 unspecified atom stereocenters. The van der Waals surface area contributed by atoms with E-state index in [4.69, 9.17) is 9.84 Å². The number of amides is 2. The number of carboxylic acid groups (broad SMARTS) is 1. The van der Waals surface area contributed by atoms with Crippen LogP contribution in [0, 0.1) is 5.92 Å². The summed E-state index contributed by atoms with van der Waals surface area (Å²) >= 11 is 0. The van der Waals surface area contributed by atoms with E-state index in [1.165, 1.54) is 0 Å². The molecule has 3 atom stereocenters. The minimum absolute atomic E-state index is 0.0222. The summed E-state index contributed by atoms with van der Waals surface area (Å²) in [5.74, 6) is -0.566. The van der Waals surface area contributed by atoms with Crippen molar-refractivity contribution in [2.45, 2.75) is 45.3 Å². The molecule has 0 aromatic rings. The maximum Gasteiger partial charge on any atom is 0.326 e. The van der Waals surface area contributed by atoms with E-state index < -0.39 is 12.0 Å². The van der Waals surface area contributed by atoms with Crippen molar-refractivity contribution in [3.8, 4) is 0 Å². The van der Waals surface area contributed by atoms with Crippen molar-refractivity contribution < 1.29 is 19.4 Å². The molecule has 0 spiro atoms. The van der Waals surface area contributed by atoms with Gasteiger partial charge >= 0.3 is 12.0 Å². The summed E-state index contributed by atoms with van der Waals surface area (Å²) in [5, 5.41) is 11.6. The number of ether oxygens (including phenoxy) is 1. The van der Waals surface area contributed by atoms with Crippen LogP contribution < -0.4 is 5.32 Å². The smallest absolute Gasteiger partial charge is 0.326 e. The summed E-state index contributed by atoms with van der Waals surface area (Å²) in [6.45, 7) is 5.15. The molecule has 0 aromatic heterocycles. The zero-order chi connectivity index (χ0) is 14.4. The lowest BCUT2D eigenvalue weighted by molar-refractivity contribution is -0.139. The zero-order valence-corrected chi connectivity index (χ0v) is 11.9. The Bertz CT molecular complexity index is 322. The van der Waals surface area contributed by atoms with E-state index in [-0.39, 0.29) is 12.1 Å². The fraction of sp³-hybridized carbons (Fsp3) is 0.846. The van der Waals surface area contributed by atoms with Gasteiger partial charge in [-0.1, -0.05) is 20.3 Å². The second-order valence-corrected chi connectivity index (χ2v) is 5.12. The van der Waals surface area contributed by atoms with Crippen LogP contribution in [0.5, 0.6) is 0 Å². The average Bonchev–Trinajstić information content (AvgIpc) is 2.38. The van der Waals surface area contributed by atoms with E-state index in [9.17, 15) is 9.59 Å². The number of carbonyl (C=O) groups excluding carboxylic acids is 1. The molecule has 1 rings (SSSR count). The number of piperidine rings is 1. The Hall–Kier alpha value is -1.30. The Kier molecular flexibility index (Phi) is 6.08. The molecule has 6 heteroatoms. The number of hydrogen-bond acceptors (Lipinski definition) is 3. The highest BCUT2D eigenvalue weighted by atomic mass is 16.5. The van der Waals surface area contributed by atoms with E-state index >= 15 is 0 Å². The summed E-state index contributed by atoms with van der Waals surface area (Å²) in [6.07, 6.45) is 2.06. The molecule has 110 valence electrons. The second kappa shape index (κ2) is 7.33. The van der Waals surface area contributed by atoms with Crippen LogP contribution in [0.2, 0.25) is 0 Å². The molecule has 0 aromatic carbocycles. The Morgan fingerprint density at radius 2 is 2.21 bits per heavy atom. The first-order valence-electron chi connectivity index (χ1n) is 6.80. The van der Waals surface area contributed by atoms with Crippen LogP contribution in [0.4, 0.5) is 4.79 Å². The van der Waals surface area contributed by atoms with E-state index in [1.54, 1.807) is 12.0 Å². The van der Waals surface area contributed by atoms with Crippen LogP contribution in [0.1, 0.15) is 33.1 Å². The van der Waals surface area contributed by atoms with Crippen molar-refractivity contribution in [1.82, 2.24) is 10.2 Å². The van der Waals surface area contributed by atoms with Gasteiger partial charge in [0, 0.05) is 20.2 Å². The minimum atomic E-state index is -0.983. The van der Waals surface area contributed by atoms with Gasteiger partial charge in [0.2, 0.25) is 0 Å². The van der Waals surface area contributed by atoms with Gasteiger partial charge in [-0.25, -0.2) is 9.59 Å². The zero-order valence-electron chi connectivity index (χ0n) is 11.9. The number of urea groups is 1. The number of methoxy groups -OCH3 is 1. The molecule has 6 nitrogen and oxygen atoms in total. The van der Waals surface area contributed by atoms with Gasteiger partial charge in [0.05, 0.1) is 6.10 Å². The first kappa shape index (κ1) is 15.8. The molecule has 1 aliphatic rings. The maximum absolute atomic E-state index is 12.1. The van der Waals surface area contributed by atoms with E-state index in [2.05, 4.69) is 12.2 Å². The largest absolute Gasteiger partial charge is 0.480 e. The van der Waals surface area contributed by atoms with Crippen LogP contribution >= 0.6 is 0 Å². The molecule has 19 heavy (non-hydrogen) atoms. The molecular formula is C13H24N2O4. The number of carbonyl (C=O) groups is 2. The van der Waals surface area contributed by atoms with E-state index in [0.717, 1.165) is 12.8 Å². The standard InChI is InChI=1S/C13H24N2O4/c1-4-5-10(12(16)17)14-13(18)15-7-6-9(2)11(8-15)19-3/h9-11H,4-8H2,1-3H3,(H,14,18)(H,16,17)/t9?,10-,11?/m1/s1. The lowest BCUT2D eigenvalue weighted by atomic mass is 9.96. The van der Waals surface area contributed by atoms with E-state index in [1.807, 2.05) is 6.92 Å². The third-order valence-electron chi connectivity index (χ3n) is 3.65. The SMILES string of the molecule is CCC[C@@H](NC(=O)N1CCC(C)C(OC)C1)C(=O)O. The predicted octanol–water partition coefficient (Wildman–Crippen LogP) is 1.31. The van der Waals surface area contributed by atoms with Crippen molar-refractivity contribution >= 4 is 12.0 Å². The van der Waals surface area contributed by atoms with Gasteiger partial charge in [0.25, 0.3) is 0 Å². The van der Waals surface area contributed by atoms with Crippen molar-refractivity contribution in [2.24, 2.45) is 5.92 Å². The fourth-order valence-corrected chi connectivity index (χ4v) is 2.31. The van der Waals surface area contributed by atoms with E-state index in [0.29, 0.717) is 25.4 Å². The highest BCUT2D eigenvalue weighted by molar-refractivity contribution is 5.82. The Morgan fingerprint density at radius 3 is 2.74 bits per heavy atom. The third kappa shape index (κ3) is 4.38. The average molecular weight is 272 g/mol. The fourth-order valence-electron chi connectivity index (χ4n) is 2.31. The molecule has 0 bridgehead atoms. The summed E-state index contributed by atoms with van der Waals surface area (Å²) in [5.41, 5.74) is 0. The molecule has 0 aliphatic carbocycles. The maximum atomic E-state index is 12.1. The van der Waals surface area contributed by atoms with Crippen molar-refractivity contribution in [3.05, 3.63) is 0 Å². The number of aliphatic carboxylic acids is 1. The minimum Gasteiger partial charge on any atom is -0.480 e. The van der Waals surface area contributed by atoms with Crippen LogP contribution in [0.25, 0.3) is 0 Å². The van der Waals surface area contributed by atoms with Crippen LogP contribution in [-0.4, -0.2) is 54.4 Å². The highest BCUT2D eigenvalue weighted by Gasteiger charge is 2.30. The molecule has 1 heterocycles. The quantitative estimate of drug-likeness (QED) is 0.791. The van der Waals surface area contributed by atoms with Crippen LogP contribution in [0.3, 0.4) is 0 Å². The molecule has 0 radical (unpaired) electrons. The first-order valence-corrected chi connectivity index (χ1v) is 6.80. The Labute approximate surface area is 114 Å². The lowest BCUT2D eigenvalue weighted by Crippen LogP contribution is -2.53. The summed E-state index contributed by atoms with van der Waals surface area (Å²) in [4.78, 5) is 24.7. The number of likely N-dealkylation sites (tertiary alicyclic amines) is 1. The van der Waals surface area contributed by atoms with Crippen molar-refractivity contribution in [1.29, 1.82) is 0 Å². The second-order valence-electron chi connectivity index (χ2n) is 5.12. The van der Waals surface area contributed by atoms with Gasteiger partial charge < -0.3 is 20.1 Å². The number of rotatable bonds is 5. The van der Waals surface area contributed by atoms with Crippen LogP contribution in [0.15, 0.2) is 0 Å². The van der Waals surface area contributed by atoms with Gasteiger partial charge in [0.1, 0.15) is 6.04 Å². The topological polar surface area (TPSA) is 78.9 Å². The van der Waals surface area contributed by atoms with Crippen LogP contribution in [-0.2, 0) is 9.53 Å². The molecule has 1 fully saturated rings. The predicted molar refractivity (Wildman–Crippen MR) is 71.0 cm³/mol. The van der Waals surface area contributed by atoms with Gasteiger partial charge in [-0.2, -0.15) is 0 Å². The summed E-state index contributed by atoms with van der Waals surface area (Å²) in [7, 11) is 1.64.